The van der Waals surface area contributed by atoms with Crippen LogP contribution in [0.1, 0.15) is 36.5 Å². The predicted octanol–water partition coefficient (Wildman–Crippen LogP) is 5.67. The van der Waals surface area contributed by atoms with E-state index in [9.17, 15) is 9.59 Å². The van der Waals surface area contributed by atoms with E-state index in [-0.39, 0.29) is 5.56 Å². The zero-order valence-corrected chi connectivity index (χ0v) is 20.6. The Morgan fingerprint density at radius 3 is 2.65 bits per heavy atom. The predicted molar refractivity (Wildman–Crippen MR) is 140 cm³/mol. The number of rotatable bonds is 5. The van der Waals surface area contributed by atoms with Crippen LogP contribution in [0.3, 0.4) is 0 Å². The van der Waals surface area contributed by atoms with Crippen LogP contribution >= 0.6 is 23.1 Å². The molecule has 5 aromatic rings. The molecular weight excluding hydrogens is 466 g/mol. The molecule has 0 saturated carbocycles. The fraction of sp³-hybridized carbons (Fsp3) is 0.192. The van der Waals surface area contributed by atoms with Crippen molar-refractivity contribution in [2.75, 3.05) is 5.84 Å². The Balaban J connectivity index is 1.55. The first-order valence-electron chi connectivity index (χ1n) is 10.9. The zero-order valence-electron chi connectivity index (χ0n) is 19.0. The fourth-order valence-corrected chi connectivity index (χ4v) is 6.09. The van der Waals surface area contributed by atoms with Crippen molar-refractivity contribution >= 4 is 44.3 Å². The third-order valence-electron chi connectivity index (χ3n) is 5.89. The summed E-state index contributed by atoms with van der Waals surface area (Å²) in [5.74, 6) is 6.96. The maximum Gasteiger partial charge on any atom is 0.336 e. The fourth-order valence-electron chi connectivity index (χ4n) is 4.19. The van der Waals surface area contributed by atoms with Crippen LogP contribution in [-0.2, 0) is 5.75 Å². The van der Waals surface area contributed by atoms with Crippen LogP contribution in [0, 0.1) is 6.92 Å². The summed E-state index contributed by atoms with van der Waals surface area (Å²) in [4.78, 5) is 30.7. The molecule has 0 saturated heterocycles. The van der Waals surface area contributed by atoms with Crippen LogP contribution in [0.25, 0.3) is 32.3 Å². The molecule has 34 heavy (non-hydrogen) atoms. The number of benzene rings is 2. The number of hydrogen-bond donors (Lipinski definition) is 1. The standard InChI is InChI=1S/C26H23N3O3S2/c1-14(2)18-11-19-17(10-22(30)32-21(19)9-15(18)3)12-34-26-28-24-23(25(31)29(26)27)20(13-33-24)16-7-5-4-6-8-16/h4-11,13-14H,12,27H2,1-3H3. The van der Waals surface area contributed by atoms with Crippen LogP contribution in [0.2, 0.25) is 0 Å². The highest BCUT2D eigenvalue weighted by molar-refractivity contribution is 7.98. The normalized spacial score (nSPS) is 11.6. The van der Waals surface area contributed by atoms with Gasteiger partial charge in [-0.25, -0.2) is 14.5 Å². The summed E-state index contributed by atoms with van der Waals surface area (Å²) in [6.45, 7) is 6.30. The summed E-state index contributed by atoms with van der Waals surface area (Å²) in [5, 5.41) is 3.74. The van der Waals surface area contributed by atoms with Gasteiger partial charge in [0.2, 0.25) is 0 Å². The Hall–Kier alpha value is -3.36. The largest absolute Gasteiger partial charge is 0.423 e. The van der Waals surface area contributed by atoms with Gasteiger partial charge >= 0.3 is 5.63 Å². The molecule has 0 bridgehead atoms. The van der Waals surface area contributed by atoms with Gasteiger partial charge in [-0.3, -0.25) is 4.79 Å². The number of nitrogens with two attached hydrogens (primary N) is 1. The Kier molecular flexibility index (Phi) is 5.79. The average Bonchev–Trinajstić information content (AvgIpc) is 3.24. The highest BCUT2D eigenvalue weighted by Crippen LogP contribution is 2.33. The summed E-state index contributed by atoms with van der Waals surface area (Å²) in [6.07, 6.45) is 0. The van der Waals surface area contributed by atoms with E-state index in [1.165, 1.54) is 34.7 Å². The summed E-state index contributed by atoms with van der Waals surface area (Å²) in [5.41, 5.74) is 4.76. The highest BCUT2D eigenvalue weighted by atomic mass is 32.2. The minimum absolute atomic E-state index is 0.289. The minimum Gasteiger partial charge on any atom is -0.423 e. The van der Waals surface area contributed by atoms with Crippen molar-refractivity contribution in [3.8, 4) is 11.1 Å². The lowest BCUT2D eigenvalue weighted by atomic mass is 9.95. The van der Waals surface area contributed by atoms with E-state index in [4.69, 9.17) is 10.3 Å². The van der Waals surface area contributed by atoms with Gasteiger partial charge in [0.05, 0.1) is 5.39 Å². The Morgan fingerprint density at radius 1 is 1.15 bits per heavy atom. The average molecular weight is 490 g/mol. The van der Waals surface area contributed by atoms with Crippen LogP contribution in [-0.4, -0.2) is 9.66 Å². The lowest BCUT2D eigenvalue weighted by molar-refractivity contribution is 0.559. The van der Waals surface area contributed by atoms with E-state index >= 15 is 0 Å². The molecule has 0 aliphatic rings. The van der Waals surface area contributed by atoms with Gasteiger partial charge in [0.25, 0.3) is 5.56 Å². The Morgan fingerprint density at radius 2 is 1.91 bits per heavy atom. The first kappa shape index (κ1) is 22.4. The maximum absolute atomic E-state index is 13.2. The van der Waals surface area contributed by atoms with E-state index in [0.717, 1.165) is 32.3 Å². The second-order valence-corrected chi connectivity index (χ2v) is 10.3. The molecule has 0 atom stereocenters. The molecule has 0 aliphatic heterocycles. The molecule has 8 heteroatoms. The molecule has 2 N–H and O–H groups in total. The van der Waals surface area contributed by atoms with Crippen LogP contribution in [0.15, 0.2) is 73.1 Å². The van der Waals surface area contributed by atoms with E-state index in [1.54, 1.807) is 0 Å². The molecule has 0 spiro atoms. The SMILES string of the molecule is Cc1cc2oc(=O)cc(CSc3nc4scc(-c5ccccc5)c4c(=O)n3N)c2cc1C(C)C. The van der Waals surface area contributed by atoms with Crippen molar-refractivity contribution < 1.29 is 4.42 Å². The number of aromatic nitrogens is 2. The van der Waals surface area contributed by atoms with E-state index in [0.29, 0.717) is 32.6 Å². The number of fused-ring (bicyclic) bond motifs is 2. The Bertz CT molecular complexity index is 1650. The molecule has 3 heterocycles. The van der Waals surface area contributed by atoms with Crippen molar-refractivity contribution in [2.45, 2.75) is 37.6 Å². The van der Waals surface area contributed by atoms with Gasteiger partial charge in [-0.2, -0.15) is 0 Å². The summed E-state index contributed by atoms with van der Waals surface area (Å²) in [6, 6.07) is 15.2. The first-order chi connectivity index (χ1) is 16.3. The van der Waals surface area contributed by atoms with Gasteiger partial charge in [-0.05, 0) is 47.2 Å². The molecule has 5 rings (SSSR count). The number of nitrogen functional groups attached to an aromatic ring is 1. The third kappa shape index (κ3) is 3.93. The molecule has 0 aliphatic carbocycles. The Labute approximate surface area is 204 Å². The quantitative estimate of drug-likeness (QED) is 0.148. The monoisotopic (exact) mass is 489 g/mol. The van der Waals surface area contributed by atoms with Gasteiger partial charge in [0.1, 0.15) is 10.4 Å². The van der Waals surface area contributed by atoms with Gasteiger partial charge in [-0.1, -0.05) is 55.9 Å². The van der Waals surface area contributed by atoms with E-state index in [2.05, 4.69) is 24.9 Å². The molecule has 0 radical (unpaired) electrons. The van der Waals surface area contributed by atoms with Crippen molar-refractivity contribution in [1.82, 2.24) is 9.66 Å². The number of aryl methyl sites for hydroxylation is 1. The number of nitrogens with zero attached hydrogens (tertiary/aromatic N) is 2. The molecule has 0 amide bonds. The molecule has 172 valence electrons. The second-order valence-electron chi connectivity index (χ2n) is 8.50. The van der Waals surface area contributed by atoms with Crippen LogP contribution in [0.4, 0.5) is 0 Å². The first-order valence-corrected chi connectivity index (χ1v) is 12.7. The van der Waals surface area contributed by atoms with Crippen molar-refractivity contribution in [3.63, 3.8) is 0 Å². The molecular formula is C26H23N3O3S2. The van der Waals surface area contributed by atoms with Gasteiger partial charge < -0.3 is 10.3 Å². The van der Waals surface area contributed by atoms with Crippen molar-refractivity contribution in [3.05, 3.63) is 91.4 Å². The third-order valence-corrected chi connectivity index (χ3v) is 7.76. The summed E-state index contributed by atoms with van der Waals surface area (Å²) in [7, 11) is 0. The van der Waals surface area contributed by atoms with Crippen LogP contribution in [0.5, 0.6) is 0 Å². The van der Waals surface area contributed by atoms with Crippen molar-refractivity contribution in [1.29, 1.82) is 0 Å². The van der Waals surface area contributed by atoms with Gasteiger partial charge in [-0.15, -0.1) is 11.3 Å². The minimum atomic E-state index is -0.404. The van der Waals surface area contributed by atoms with E-state index in [1.807, 2.05) is 48.7 Å². The number of hydrogen-bond acceptors (Lipinski definition) is 7. The van der Waals surface area contributed by atoms with E-state index < -0.39 is 5.63 Å². The highest BCUT2D eigenvalue weighted by Gasteiger charge is 2.17. The molecule has 3 aromatic heterocycles. The maximum atomic E-state index is 13.2. The lowest BCUT2D eigenvalue weighted by Crippen LogP contribution is -2.29. The topological polar surface area (TPSA) is 91.1 Å². The molecule has 0 unspecified atom stereocenters. The number of thioether (sulfide) groups is 1. The zero-order chi connectivity index (χ0) is 24.0. The van der Waals surface area contributed by atoms with Crippen LogP contribution < -0.4 is 17.0 Å². The summed E-state index contributed by atoms with van der Waals surface area (Å²) < 4.78 is 6.56. The second kappa shape index (κ2) is 8.77. The lowest BCUT2D eigenvalue weighted by Gasteiger charge is -2.13. The molecule has 6 nitrogen and oxygen atoms in total. The number of thiophene rings is 1. The molecule has 0 fully saturated rings. The smallest absolute Gasteiger partial charge is 0.336 e. The summed E-state index contributed by atoms with van der Waals surface area (Å²) >= 11 is 2.75. The van der Waals surface area contributed by atoms with Gasteiger partial charge in [0, 0.05) is 28.1 Å². The van der Waals surface area contributed by atoms with Crippen molar-refractivity contribution in [2.24, 2.45) is 0 Å². The van der Waals surface area contributed by atoms with Gasteiger partial charge in [0.15, 0.2) is 5.16 Å². The molecule has 2 aromatic carbocycles.